The molecule has 0 unspecified atom stereocenters. The minimum absolute atomic E-state index is 0.0296. The molecule has 2 aromatic rings. The van der Waals surface area contributed by atoms with Gasteiger partial charge >= 0.3 is 0 Å². The van der Waals surface area contributed by atoms with E-state index in [2.05, 4.69) is 9.69 Å². The number of carbonyl (C=O) groups is 2. The summed E-state index contributed by atoms with van der Waals surface area (Å²) in [6.45, 7) is 2.51. The summed E-state index contributed by atoms with van der Waals surface area (Å²) in [5.74, 6) is -0.803. The van der Waals surface area contributed by atoms with E-state index in [1.165, 1.54) is 4.90 Å². The van der Waals surface area contributed by atoms with E-state index in [-0.39, 0.29) is 27.5 Å². The average molecular weight is 402 g/mol. The normalized spacial score (nSPS) is 10.6. The molecule has 0 aliphatic rings. The predicted octanol–water partition coefficient (Wildman–Crippen LogP) is 3.17. The molecule has 25 heavy (non-hydrogen) atoms. The van der Waals surface area contributed by atoms with Crippen molar-refractivity contribution in [3.05, 3.63) is 44.9 Å². The monoisotopic (exact) mass is 401 g/mol. The Kier molecular flexibility index (Phi) is 7.19. The largest absolute Gasteiger partial charge is 0.383 e. The van der Waals surface area contributed by atoms with Crippen molar-refractivity contribution in [1.82, 2.24) is 9.69 Å². The standard InChI is InChI=1S/C16H17Cl2N3O3S/c1-10-3-5-11(6-4-10)21(9-12(22)19-7-8-24-2)16(23)14-13(17)15(18)25-20-14/h3-6H,7-9H2,1-2H3,(H,19,22). The summed E-state index contributed by atoms with van der Waals surface area (Å²) in [5.41, 5.74) is 1.63. The molecule has 2 rings (SSSR count). The lowest BCUT2D eigenvalue weighted by atomic mass is 10.2. The number of aryl methyl sites for hydroxylation is 1. The summed E-state index contributed by atoms with van der Waals surface area (Å²) in [5, 5.41) is 2.78. The maximum absolute atomic E-state index is 12.9. The molecule has 1 N–H and O–H groups in total. The maximum atomic E-state index is 12.9. The second kappa shape index (κ2) is 9.15. The number of benzene rings is 1. The Balaban J connectivity index is 2.25. The topological polar surface area (TPSA) is 71.5 Å². The van der Waals surface area contributed by atoms with Gasteiger partial charge in [-0.15, -0.1) is 0 Å². The third-order valence-electron chi connectivity index (χ3n) is 3.32. The molecular weight excluding hydrogens is 385 g/mol. The van der Waals surface area contributed by atoms with E-state index in [9.17, 15) is 9.59 Å². The lowest BCUT2D eigenvalue weighted by molar-refractivity contribution is -0.119. The maximum Gasteiger partial charge on any atom is 0.280 e. The average Bonchev–Trinajstić information content (AvgIpc) is 2.92. The molecule has 134 valence electrons. The number of aromatic nitrogens is 1. The SMILES string of the molecule is COCCNC(=O)CN(C(=O)c1nsc(Cl)c1Cl)c1ccc(C)cc1. The second-order valence-electron chi connectivity index (χ2n) is 5.19. The molecule has 9 heteroatoms. The van der Waals surface area contributed by atoms with Crippen molar-refractivity contribution in [1.29, 1.82) is 0 Å². The fraction of sp³-hybridized carbons (Fsp3) is 0.312. The number of ether oxygens (including phenoxy) is 1. The van der Waals surface area contributed by atoms with Crippen LogP contribution in [0.2, 0.25) is 9.36 Å². The fourth-order valence-electron chi connectivity index (χ4n) is 2.02. The first-order valence-corrected chi connectivity index (χ1v) is 8.91. The Morgan fingerprint density at radius 1 is 1.28 bits per heavy atom. The highest BCUT2D eigenvalue weighted by Gasteiger charge is 2.26. The minimum atomic E-state index is -0.487. The van der Waals surface area contributed by atoms with Crippen LogP contribution in [-0.2, 0) is 9.53 Å². The van der Waals surface area contributed by atoms with E-state index in [0.29, 0.717) is 18.8 Å². The number of nitrogens with one attached hydrogen (secondary N) is 1. The van der Waals surface area contributed by atoms with Crippen LogP contribution in [0.5, 0.6) is 0 Å². The molecule has 1 aromatic heterocycles. The Hall–Kier alpha value is -1.67. The van der Waals surface area contributed by atoms with Crippen LogP contribution in [-0.4, -0.2) is 43.0 Å². The van der Waals surface area contributed by atoms with Crippen molar-refractivity contribution in [2.75, 3.05) is 31.7 Å². The van der Waals surface area contributed by atoms with Gasteiger partial charge < -0.3 is 10.1 Å². The van der Waals surface area contributed by atoms with Crippen LogP contribution in [0.15, 0.2) is 24.3 Å². The fourth-order valence-corrected chi connectivity index (χ4v) is 3.00. The van der Waals surface area contributed by atoms with Crippen LogP contribution in [0.4, 0.5) is 5.69 Å². The molecular formula is C16H17Cl2N3O3S. The highest BCUT2D eigenvalue weighted by atomic mass is 35.5. The summed E-state index contributed by atoms with van der Waals surface area (Å²) in [7, 11) is 1.54. The molecule has 0 aliphatic heterocycles. The van der Waals surface area contributed by atoms with Gasteiger partial charge in [0.05, 0.1) is 6.61 Å². The molecule has 0 saturated heterocycles. The van der Waals surface area contributed by atoms with E-state index >= 15 is 0 Å². The van der Waals surface area contributed by atoms with E-state index in [1.807, 2.05) is 19.1 Å². The van der Waals surface area contributed by atoms with Gasteiger partial charge in [-0.2, -0.15) is 4.37 Å². The second-order valence-corrected chi connectivity index (χ2v) is 6.94. The summed E-state index contributed by atoms with van der Waals surface area (Å²) in [6.07, 6.45) is 0. The van der Waals surface area contributed by atoms with Gasteiger partial charge in [0.15, 0.2) is 5.69 Å². The zero-order chi connectivity index (χ0) is 18.4. The molecule has 0 aliphatic carbocycles. The van der Waals surface area contributed by atoms with Gasteiger partial charge in [0.25, 0.3) is 5.91 Å². The Bertz CT molecular complexity index is 750. The lowest BCUT2D eigenvalue weighted by Gasteiger charge is -2.22. The molecule has 0 atom stereocenters. The van der Waals surface area contributed by atoms with Crippen molar-refractivity contribution in [2.45, 2.75) is 6.92 Å². The zero-order valence-corrected chi connectivity index (χ0v) is 16.0. The number of methoxy groups -OCH3 is 1. The number of halogens is 2. The molecule has 6 nitrogen and oxygen atoms in total. The van der Waals surface area contributed by atoms with E-state index in [0.717, 1.165) is 17.1 Å². The molecule has 1 aromatic carbocycles. The Morgan fingerprint density at radius 2 is 1.96 bits per heavy atom. The first-order chi connectivity index (χ1) is 11.9. The van der Waals surface area contributed by atoms with Crippen LogP contribution in [0, 0.1) is 6.92 Å². The van der Waals surface area contributed by atoms with Gasteiger partial charge in [-0.3, -0.25) is 14.5 Å². The van der Waals surface area contributed by atoms with Crippen LogP contribution in [0.3, 0.4) is 0 Å². The third-order valence-corrected chi connectivity index (χ3v) is 4.93. The highest BCUT2D eigenvalue weighted by molar-refractivity contribution is 7.11. The van der Waals surface area contributed by atoms with E-state index in [4.69, 9.17) is 27.9 Å². The van der Waals surface area contributed by atoms with Crippen LogP contribution in [0.25, 0.3) is 0 Å². The van der Waals surface area contributed by atoms with E-state index in [1.54, 1.807) is 19.2 Å². The third kappa shape index (κ3) is 5.15. The van der Waals surface area contributed by atoms with Crippen molar-refractivity contribution < 1.29 is 14.3 Å². The van der Waals surface area contributed by atoms with Gasteiger partial charge in [0.1, 0.15) is 15.9 Å². The summed E-state index contributed by atoms with van der Waals surface area (Å²) in [4.78, 5) is 26.3. The molecule has 0 spiro atoms. The van der Waals surface area contributed by atoms with E-state index < -0.39 is 5.91 Å². The number of anilines is 1. The van der Waals surface area contributed by atoms with Crippen LogP contribution < -0.4 is 10.2 Å². The van der Waals surface area contributed by atoms with Gasteiger partial charge in [0.2, 0.25) is 5.91 Å². The van der Waals surface area contributed by atoms with Crippen molar-refractivity contribution in [2.24, 2.45) is 0 Å². The van der Waals surface area contributed by atoms with Gasteiger partial charge in [-0.1, -0.05) is 40.9 Å². The zero-order valence-electron chi connectivity index (χ0n) is 13.7. The van der Waals surface area contributed by atoms with Gasteiger partial charge in [-0.25, -0.2) is 0 Å². The summed E-state index contributed by atoms with van der Waals surface area (Å²) >= 11 is 12.9. The Labute approximate surface area is 159 Å². The van der Waals surface area contributed by atoms with Crippen molar-refractivity contribution in [3.63, 3.8) is 0 Å². The number of amides is 2. The molecule has 2 amide bonds. The van der Waals surface area contributed by atoms with Crippen LogP contribution >= 0.6 is 34.7 Å². The quantitative estimate of drug-likeness (QED) is 0.723. The number of nitrogens with zero attached hydrogens (tertiary/aromatic N) is 2. The summed E-state index contributed by atoms with van der Waals surface area (Å²) < 4.78 is 9.13. The van der Waals surface area contributed by atoms with Crippen LogP contribution in [0.1, 0.15) is 16.1 Å². The lowest BCUT2D eigenvalue weighted by Crippen LogP contribution is -2.42. The molecule has 0 fully saturated rings. The first-order valence-electron chi connectivity index (χ1n) is 7.39. The molecule has 1 heterocycles. The highest BCUT2D eigenvalue weighted by Crippen LogP contribution is 2.31. The smallest absolute Gasteiger partial charge is 0.280 e. The number of rotatable bonds is 7. The minimum Gasteiger partial charge on any atom is -0.383 e. The van der Waals surface area contributed by atoms with Crippen molar-refractivity contribution >= 4 is 52.2 Å². The number of hydrogen-bond acceptors (Lipinski definition) is 5. The number of hydrogen-bond donors (Lipinski definition) is 1. The number of carbonyl (C=O) groups excluding carboxylic acids is 2. The van der Waals surface area contributed by atoms with Gasteiger partial charge in [-0.05, 0) is 30.6 Å². The molecule has 0 saturated carbocycles. The van der Waals surface area contributed by atoms with Gasteiger partial charge in [0, 0.05) is 19.3 Å². The predicted molar refractivity (Wildman–Crippen MR) is 99.9 cm³/mol. The van der Waals surface area contributed by atoms with Crippen molar-refractivity contribution in [3.8, 4) is 0 Å². The molecule has 0 radical (unpaired) electrons. The molecule has 0 bridgehead atoms. The Morgan fingerprint density at radius 3 is 2.52 bits per heavy atom. The first kappa shape index (κ1) is 19.7. The summed E-state index contributed by atoms with van der Waals surface area (Å²) in [6, 6.07) is 7.23.